The van der Waals surface area contributed by atoms with Gasteiger partial charge in [-0.25, -0.2) is 0 Å². The lowest BCUT2D eigenvalue weighted by atomic mass is 9.79. The van der Waals surface area contributed by atoms with E-state index in [0.29, 0.717) is 12.0 Å². The third kappa shape index (κ3) is 11.7. The summed E-state index contributed by atoms with van der Waals surface area (Å²) >= 11 is 0. The van der Waals surface area contributed by atoms with Gasteiger partial charge >= 0.3 is 5.97 Å². The van der Waals surface area contributed by atoms with E-state index in [1.54, 1.807) is 52.8 Å². The third-order valence-electron chi connectivity index (χ3n) is 11.1. The van der Waals surface area contributed by atoms with Crippen molar-refractivity contribution in [1.82, 2.24) is 4.90 Å². The molecule has 17 atom stereocenters. The highest BCUT2D eigenvalue weighted by molar-refractivity contribution is 5.91. The number of hydrogen-bond donors (Lipinski definition) is 4. The number of cyclic esters (lactones) is 1. The molecule has 3 aliphatic rings. The Morgan fingerprint density at radius 2 is 1.52 bits per heavy atom. The van der Waals surface area contributed by atoms with Gasteiger partial charge in [-0.2, -0.15) is 0 Å². The molecular weight excluding hydrogens is 706 g/mol. The number of rotatable bonds is 11. The highest BCUT2D eigenvalue weighted by atomic mass is 16.7. The van der Waals surface area contributed by atoms with Crippen LogP contribution in [0.15, 0.2) is 23.8 Å². The SMILES string of the molecule is CC[C@H]1OC(=O)C[C@@H](O)[C@H](C)[C@@H](O[C@@H]2O[C@H](C)[C@@H](O)[C@@H](N(C)C)[C@H]2O)[C@@H](CC=O)C[C@@H](C)C(=O)/C=C/C(C)=C/[C@@H]1CO[C@@H]1O[C@H](C)[C@@H](O)[C@@H](OC)[C@H]1OC. The normalized spacial score (nSPS) is 43.6. The molecule has 15 heteroatoms. The van der Waals surface area contributed by atoms with Crippen LogP contribution in [0.2, 0.25) is 0 Å². The predicted molar refractivity (Wildman–Crippen MR) is 196 cm³/mol. The van der Waals surface area contributed by atoms with Gasteiger partial charge in [-0.1, -0.05) is 38.5 Å². The fourth-order valence-electron chi connectivity index (χ4n) is 7.76. The maximum atomic E-state index is 13.6. The van der Waals surface area contributed by atoms with Crippen molar-refractivity contribution in [2.75, 3.05) is 34.9 Å². The first-order valence-electron chi connectivity index (χ1n) is 19.0. The van der Waals surface area contributed by atoms with Crippen molar-refractivity contribution < 1.29 is 68.0 Å². The molecule has 3 heterocycles. The Labute approximate surface area is 319 Å². The average Bonchev–Trinajstić information content (AvgIpc) is 3.12. The van der Waals surface area contributed by atoms with E-state index >= 15 is 0 Å². The summed E-state index contributed by atoms with van der Waals surface area (Å²) in [6.45, 7) is 10.5. The van der Waals surface area contributed by atoms with Crippen LogP contribution in [0.3, 0.4) is 0 Å². The molecule has 0 aromatic carbocycles. The molecule has 4 N–H and O–H groups in total. The number of aliphatic hydroxyl groups excluding tert-OH is 4. The molecule has 0 radical (unpaired) electrons. The standard InChI is InChI=1S/C39H65NO14/c1-11-29-26(19-50-39-37(49-10)36(48-9)33(46)24(6)52-39)16-20(2)12-13-27(42)21(3)17-25(14-15-41)35(22(4)28(43)18-30(44)53-29)54-38-34(47)31(40(7)8)32(45)23(5)51-38/h12-13,15-16,21-26,28-29,31-39,43,45-47H,11,14,17-19H2,1-10H3/b13-12+,20-16+/t21-,22+,23-,24-,25+,26-,28-,29-,31-,32-,33-,34-,35-,36-,37-,38+,39-/m1/s1. The van der Waals surface area contributed by atoms with Crippen LogP contribution in [-0.4, -0.2) is 158 Å². The second-order valence-electron chi connectivity index (χ2n) is 15.4. The molecule has 2 fully saturated rings. The number of hydrogen-bond acceptors (Lipinski definition) is 15. The first-order chi connectivity index (χ1) is 25.5. The van der Waals surface area contributed by atoms with Crippen molar-refractivity contribution >= 4 is 18.0 Å². The van der Waals surface area contributed by atoms with E-state index in [1.165, 1.54) is 20.3 Å². The minimum Gasteiger partial charge on any atom is -0.462 e. The smallest absolute Gasteiger partial charge is 0.308 e. The van der Waals surface area contributed by atoms with E-state index in [9.17, 15) is 34.8 Å². The number of aliphatic hydroxyl groups is 4. The highest BCUT2D eigenvalue weighted by Gasteiger charge is 2.48. The van der Waals surface area contributed by atoms with Crippen molar-refractivity contribution in [2.45, 2.75) is 147 Å². The van der Waals surface area contributed by atoms with Gasteiger partial charge in [-0.15, -0.1) is 0 Å². The van der Waals surface area contributed by atoms with Crippen molar-refractivity contribution in [3.05, 3.63) is 23.8 Å². The topological polar surface area (TPSA) is 200 Å². The van der Waals surface area contributed by atoms with Gasteiger partial charge in [-0.3, -0.25) is 9.59 Å². The highest BCUT2D eigenvalue weighted by Crippen LogP contribution is 2.35. The molecule has 0 bridgehead atoms. The molecule has 3 rings (SSSR count). The number of nitrogens with zero attached hydrogens (tertiary/aromatic N) is 1. The molecule has 0 aromatic rings. The Bertz CT molecular complexity index is 1260. The van der Waals surface area contributed by atoms with Crippen LogP contribution in [0.5, 0.6) is 0 Å². The van der Waals surface area contributed by atoms with E-state index in [-0.39, 0.29) is 25.2 Å². The number of esters is 1. The van der Waals surface area contributed by atoms with Crippen molar-refractivity contribution in [1.29, 1.82) is 0 Å². The van der Waals surface area contributed by atoms with Gasteiger partial charge in [0.15, 0.2) is 18.4 Å². The first-order valence-corrected chi connectivity index (χ1v) is 19.0. The molecule has 0 unspecified atom stereocenters. The van der Waals surface area contributed by atoms with E-state index in [0.717, 1.165) is 6.29 Å². The van der Waals surface area contributed by atoms with Gasteiger partial charge < -0.3 is 63.3 Å². The second-order valence-corrected chi connectivity index (χ2v) is 15.4. The Morgan fingerprint density at radius 1 is 0.889 bits per heavy atom. The van der Waals surface area contributed by atoms with Gasteiger partial charge in [0.2, 0.25) is 0 Å². The summed E-state index contributed by atoms with van der Waals surface area (Å²) in [6, 6.07) is -0.740. The van der Waals surface area contributed by atoms with E-state index in [4.69, 9.17) is 33.2 Å². The minimum atomic E-state index is -1.31. The summed E-state index contributed by atoms with van der Waals surface area (Å²) in [4.78, 5) is 40.8. The van der Waals surface area contributed by atoms with Crippen LogP contribution < -0.4 is 0 Å². The predicted octanol–water partition coefficient (Wildman–Crippen LogP) is 1.56. The number of ketones is 1. The van der Waals surface area contributed by atoms with Crippen molar-refractivity contribution in [3.8, 4) is 0 Å². The number of carbonyl (C=O) groups excluding carboxylic acids is 3. The maximum Gasteiger partial charge on any atom is 0.308 e. The molecule has 0 amide bonds. The largest absolute Gasteiger partial charge is 0.462 e. The first kappa shape index (κ1) is 46.2. The Kier molecular flexibility index (Phi) is 18.3. The van der Waals surface area contributed by atoms with Gasteiger partial charge in [0.05, 0.1) is 49.6 Å². The fraction of sp³-hybridized carbons (Fsp3) is 0.821. The number of likely N-dealkylation sites (N-methyl/N-ethyl adjacent to an activating group) is 1. The Hall–Kier alpha value is -2.15. The maximum absolute atomic E-state index is 13.6. The van der Waals surface area contributed by atoms with Gasteiger partial charge in [-0.05, 0) is 59.7 Å². The van der Waals surface area contributed by atoms with E-state index in [1.807, 2.05) is 19.9 Å². The Morgan fingerprint density at radius 3 is 2.11 bits per heavy atom. The number of carbonyl (C=O) groups is 3. The monoisotopic (exact) mass is 771 g/mol. The molecule has 3 aliphatic heterocycles. The molecule has 310 valence electrons. The van der Waals surface area contributed by atoms with Crippen LogP contribution in [0.1, 0.15) is 67.2 Å². The van der Waals surface area contributed by atoms with E-state index < -0.39 is 116 Å². The zero-order valence-electron chi connectivity index (χ0n) is 33.5. The lowest BCUT2D eigenvalue weighted by Crippen LogP contribution is -2.63. The third-order valence-corrected chi connectivity index (χ3v) is 11.1. The van der Waals surface area contributed by atoms with Gasteiger partial charge in [0.25, 0.3) is 0 Å². The summed E-state index contributed by atoms with van der Waals surface area (Å²) < 4.78 is 41.6. The minimum absolute atomic E-state index is 0.0120. The van der Waals surface area contributed by atoms with Crippen molar-refractivity contribution in [2.24, 2.45) is 23.7 Å². The van der Waals surface area contributed by atoms with Crippen LogP contribution in [0.25, 0.3) is 0 Å². The fourth-order valence-corrected chi connectivity index (χ4v) is 7.76. The molecule has 0 aromatic heterocycles. The van der Waals surface area contributed by atoms with Gasteiger partial charge in [0.1, 0.15) is 36.8 Å². The molecule has 0 aliphatic carbocycles. The van der Waals surface area contributed by atoms with E-state index in [2.05, 4.69) is 0 Å². The van der Waals surface area contributed by atoms with Crippen LogP contribution in [0.4, 0.5) is 0 Å². The molecular formula is C39H65NO14. The lowest BCUT2D eigenvalue weighted by molar-refractivity contribution is -0.304. The summed E-state index contributed by atoms with van der Waals surface area (Å²) in [7, 11) is 6.36. The second kappa shape index (κ2) is 21.4. The summed E-state index contributed by atoms with van der Waals surface area (Å²) in [5.41, 5.74) is 0.701. The lowest BCUT2D eigenvalue weighted by Gasteiger charge is -2.46. The number of ether oxygens (including phenoxy) is 7. The summed E-state index contributed by atoms with van der Waals surface area (Å²) in [5, 5.41) is 44.2. The molecule has 54 heavy (non-hydrogen) atoms. The average molecular weight is 772 g/mol. The summed E-state index contributed by atoms with van der Waals surface area (Å²) in [6.07, 6.45) is -5.36. The van der Waals surface area contributed by atoms with Crippen molar-refractivity contribution in [3.63, 3.8) is 0 Å². The Balaban J connectivity index is 1.96. The van der Waals surface area contributed by atoms with Crippen LogP contribution >= 0.6 is 0 Å². The molecule has 0 spiro atoms. The number of allylic oxidation sites excluding steroid dienone is 3. The van der Waals surface area contributed by atoms with Crippen LogP contribution in [0, 0.1) is 23.7 Å². The molecule has 0 saturated carbocycles. The molecule has 2 saturated heterocycles. The van der Waals surface area contributed by atoms with Crippen LogP contribution in [-0.2, 0) is 47.5 Å². The quantitative estimate of drug-likeness (QED) is 0.174. The molecule has 15 nitrogen and oxygen atoms in total. The number of aldehydes is 1. The zero-order valence-corrected chi connectivity index (χ0v) is 33.5. The summed E-state index contributed by atoms with van der Waals surface area (Å²) in [5.74, 6) is -3.37. The van der Waals surface area contributed by atoms with Gasteiger partial charge in [0, 0.05) is 38.4 Å². The zero-order chi connectivity index (χ0) is 40.4. The number of methoxy groups -OCH3 is 2.